The second-order valence-corrected chi connectivity index (χ2v) is 11.6. The summed E-state index contributed by atoms with van der Waals surface area (Å²) in [6.45, 7) is 2.55. The summed E-state index contributed by atoms with van der Waals surface area (Å²) in [4.78, 5) is 1.22. The molecule has 5 aliphatic rings. The van der Waals surface area contributed by atoms with E-state index in [9.17, 15) is 0 Å². The smallest absolute Gasteiger partial charge is 0.0818 e. The van der Waals surface area contributed by atoms with E-state index in [-0.39, 0.29) is 5.41 Å². The molecule has 1 aromatic carbocycles. The molecule has 3 heteroatoms. The summed E-state index contributed by atoms with van der Waals surface area (Å²) in [7, 11) is 0. The SMILES string of the molecule is CC1C2CC3(C(=S)N[C@H]4CC[C@H](N)CC4)CC4(c5ccccc5)CC1C4(C2)C3. The molecule has 5 aliphatic carbocycles. The molecule has 3 N–H and O–H groups in total. The lowest BCUT2D eigenvalue weighted by atomic mass is 9.43. The van der Waals surface area contributed by atoms with Crippen LogP contribution in [0.4, 0.5) is 0 Å². The maximum Gasteiger partial charge on any atom is 0.0818 e. The molecule has 150 valence electrons. The zero-order valence-electron chi connectivity index (χ0n) is 17.1. The molecular formula is C25H34N2S. The Kier molecular flexibility index (Phi) is 3.72. The number of nitrogens with two attached hydrogens (primary N) is 1. The number of nitrogens with one attached hydrogen (secondary N) is 1. The lowest BCUT2D eigenvalue weighted by molar-refractivity contribution is -0.0496. The molecule has 2 nitrogen and oxygen atoms in total. The van der Waals surface area contributed by atoms with Gasteiger partial charge in [0, 0.05) is 22.9 Å². The van der Waals surface area contributed by atoms with Crippen LogP contribution in [0.1, 0.15) is 70.3 Å². The van der Waals surface area contributed by atoms with Gasteiger partial charge in [0.05, 0.1) is 4.99 Å². The van der Waals surface area contributed by atoms with E-state index in [1.807, 2.05) is 0 Å². The second-order valence-electron chi connectivity index (χ2n) is 11.2. The lowest BCUT2D eigenvalue weighted by Gasteiger charge is -2.60. The monoisotopic (exact) mass is 394 g/mol. The van der Waals surface area contributed by atoms with Crippen molar-refractivity contribution in [2.75, 3.05) is 0 Å². The summed E-state index contributed by atoms with van der Waals surface area (Å²) in [6, 6.07) is 12.5. The van der Waals surface area contributed by atoms with Crippen molar-refractivity contribution in [2.24, 2.45) is 34.3 Å². The molecule has 5 fully saturated rings. The minimum absolute atomic E-state index is 0.243. The van der Waals surface area contributed by atoms with Crippen LogP contribution in [0.25, 0.3) is 0 Å². The Morgan fingerprint density at radius 2 is 1.79 bits per heavy atom. The van der Waals surface area contributed by atoms with Gasteiger partial charge in [-0.05, 0) is 86.5 Å². The first-order valence-electron chi connectivity index (χ1n) is 11.6. The van der Waals surface area contributed by atoms with Crippen molar-refractivity contribution in [1.82, 2.24) is 5.32 Å². The Morgan fingerprint density at radius 3 is 2.54 bits per heavy atom. The molecule has 28 heavy (non-hydrogen) atoms. The van der Waals surface area contributed by atoms with Gasteiger partial charge >= 0.3 is 0 Å². The topological polar surface area (TPSA) is 38.0 Å². The third-order valence-corrected chi connectivity index (χ3v) is 10.6. The highest BCUT2D eigenvalue weighted by Gasteiger charge is 2.80. The summed E-state index contributed by atoms with van der Waals surface area (Å²) in [5.74, 6) is 2.69. The number of thiocarbonyl (C=S) groups is 1. The largest absolute Gasteiger partial charge is 0.376 e. The van der Waals surface area contributed by atoms with Crippen LogP contribution in [0.5, 0.6) is 0 Å². The van der Waals surface area contributed by atoms with Gasteiger partial charge in [-0.1, -0.05) is 49.5 Å². The molecule has 1 spiro atoms. The summed E-state index contributed by atoms with van der Waals surface area (Å²) in [5.41, 5.74) is 8.90. The molecule has 0 aliphatic heterocycles. The third-order valence-electron chi connectivity index (χ3n) is 10.1. The van der Waals surface area contributed by atoms with Crippen LogP contribution in [0.3, 0.4) is 0 Å². The van der Waals surface area contributed by atoms with Gasteiger partial charge in [0.1, 0.15) is 0 Å². The summed E-state index contributed by atoms with van der Waals surface area (Å²) >= 11 is 6.22. The average molecular weight is 395 g/mol. The molecule has 0 saturated heterocycles. The van der Waals surface area contributed by atoms with Crippen LogP contribution in [0.2, 0.25) is 0 Å². The van der Waals surface area contributed by atoms with Gasteiger partial charge in [0.25, 0.3) is 0 Å². The average Bonchev–Trinajstić information content (AvgIpc) is 2.97. The highest BCUT2D eigenvalue weighted by atomic mass is 32.1. The van der Waals surface area contributed by atoms with E-state index >= 15 is 0 Å². The maximum atomic E-state index is 6.22. The Morgan fingerprint density at radius 1 is 1.04 bits per heavy atom. The second kappa shape index (κ2) is 5.82. The first kappa shape index (κ1) is 17.9. The Bertz CT molecular complexity index is 800. The molecule has 5 saturated carbocycles. The molecule has 6 atom stereocenters. The van der Waals surface area contributed by atoms with Crippen molar-refractivity contribution in [3.63, 3.8) is 0 Å². The third kappa shape index (κ3) is 2.10. The molecule has 0 radical (unpaired) electrons. The number of benzene rings is 1. The van der Waals surface area contributed by atoms with Gasteiger partial charge < -0.3 is 11.1 Å². The van der Waals surface area contributed by atoms with Gasteiger partial charge in [-0.2, -0.15) is 0 Å². The summed E-state index contributed by atoms with van der Waals surface area (Å²) in [6.07, 6.45) is 11.5. The quantitative estimate of drug-likeness (QED) is 0.712. The summed E-state index contributed by atoms with van der Waals surface area (Å²) < 4.78 is 0. The van der Waals surface area contributed by atoms with Crippen LogP contribution >= 0.6 is 12.2 Å². The minimum atomic E-state index is 0.243. The van der Waals surface area contributed by atoms with Crippen LogP contribution in [0.15, 0.2) is 30.3 Å². The van der Waals surface area contributed by atoms with Crippen LogP contribution in [-0.4, -0.2) is 17.1 Å². The molecule has 6 rings (SSSR count). The van der Waals surface area contributed by atoms with E-state index in [0.717, 1.165) is 30.6 Å². The van der Waals surface area contributed by atoms with E-state index < -0.39 is 0 Å². The van der Waals surface area contributed by atoms with Crippen LogP contribution < -0.4 is 11.1 Å². The van der Waals surface area contributed by atoms with E-state index in [0.29, 0.717) is 22.9 Å². The number of rotatable bonds is 3. The molecule has 6 unspecified atom stereocenters. The maximum absolute atomic E-state index is 6.22. The predicted molar refractivity (Wildman–Crippen MR) is 118 cm³/mol. The van der Waals surface area contributed by atoms with Crippen LogP contribution in [-0.2, 0) is 5.41 Å². The van der Waals surface area contributed by atoms with Crippen molar-refractivity contribution >= 4 is 17.2 Å². The minimum Gasteiger partial charge on any atom is -0.376 e. The normalized spacial score (nSPS) is 50.9. The molecular weight excluding hydrogens is 360 g/mol. The van der Waals surface area contributed by atoms with E-state index in [4.69, 9.17) is 18.0 Å². The molecule has 3 bridgehead atoms. The lowest BCUT2D eigenvalue weighted by Crippen LogP contribution is -2.56. The van der Waals surface area contributed by atoms with Gasteiger partial charge in [-0.3, -0.25) is 0 Å². The van der Waals surface area contributed by atoms with Crippen molar-refractivity contribution in [1.29, 1.82) is 0 Å². The fourth-order valence-electron chi connectivity index (χ4n) is 8.90. The molecule has 0 aromatic heterocycles. The highest BCUT2D eigenvalue weighted by Crippen LogP contribution is 2.85. The standard InChI is InChI=1S/C25H34N2S/c1-16-17-11-23(22(28)27-20-9-7-19(26)8-10-20)14-24(18-5-3-2-4-6-18)13-21(16)25(24,12-17)15-23/h2-6,16-17,19-21H,7-15,26H2,1H3,(H,27,28)/t16?,17?,19-,20-,21?,23?,24?,25?. The fourth-order valence-corrected chi connectivity index (χ4v) is 9.30. The van der Waals surface area contributed by atoms with Crippen LogP contribution in [0, 0.1) is 28.6 Å². The van der Waals surface area contributed by atoms with Gasteiger partial charge in [0.2, 0.25) is 0 Å². The fraction of sp³-hybridized carbons (Fsp3) is 0.720. The highest BCUT2D eigenvalue weighted by molar-refractivity contribution is 7.80. The van der Waals surface area contributed by atoms with Crippen molar-refractivity contribution in [3.05, 3.63) is 35.9 Å². The predicted octanol–water partition coefficient (Wildman–Crippen LogP) is 4.96. The number of hydrogen-bond donors (Lipinski definition) is 2. The zero-order chi connectivity index (χ0) is 19.1. The van der Waals surface area contributed by atoms with Gasteiger partial charge in [-0.15, -0.1) is 0 Å². The number of fused-ring (bicyclic) bond motifs is 2. The van der Waals surface area contributed by atoms with E-state index in [2.05, 4.69) is 42.6 Å². The molecule has 0 heterocycles. The Labute approximate surface area is 175 Å². The van der Waals surface area contributed by atoms with E-state index in [1.165, 1.54) is 49.9 Å². The summed E-state index contributed by atoms with van der Waals surface area (Å²) in [5, 5.41) is 3.89. The van der Waals surface area contributed by atoms with Crippen molar-refractivity contribution in [3.8, 4) is 0 Å². The number of hydrogen-bond acceptors (Lipinski definition) is 2. The molecule has 0 amide bonds. The van der Waals surface area contributed by atoms with Gasteiger partial charge in [-0.25, -0.2) is 0 Å². The Hall–Kier alpha value is -0.930. The van der Waals surface area contributed by atoms with Crippen molar-refractivity contribution < 1.29 is 0 Å². The van der Waals surface area contributed by atoms with E-state index in [1.54, 1.807) is 5.56 Å². The van der Waals surface area contributed by atoms with Crippen molar-refractivity contribution in [2.45, 2.75) is 82.2 Å². The molecule has 1 aromatic rings. The first-order valence-corrected chi connectivity index (χ1v) is 12.0. The Balaban J connectivity index is 1.34. The van der Waals surface area contributed by atoms with Gasteiger partial charge in [0.15, 0.2) is 0 Å². The zero-order valence-corrected chi connectivity index (χ0v) is 17.9. The first-order chi connectivity index (χ1) is 13.5.